The Kier molecular flexibility index (Phi) is 4.60. The number of alkyl halides is 3. The van der Waals surface area contributed by atoms with Crippen molar-refractivity contribution in [1.29, 1.82) is 0 Å². The highest BCUT2D eigenvalue weighted by molar-refractivity contribution is 7.10. The summed E-state index contributed by atoms with van der Waals surface area (Å²) in [5.41, 5.74) is 0. The van der Waals surface area contributed by atoms with Crippen molar-refractivity contribution in [2.75, 3.05) is 7.05 Å². The third-order valence-electron chi connectivity index (χ3n) is 2.19. The van der Waals surface area contributed by atoms with E-state index in [9.17, 15) is 13.2 Å². The van der Waals surface area contributed by atoms with Crippen molar-refractivity contribution < 1.29 is 13.2 Å². The zero-order valence-corrected chi connectivity index (χ0v) is 9.29. The number of rotatable bonds is 5. The summed E-state index contributed by atoms with van der Waals surface area (Å²) >= 11 is 1.57. The summed E-state index contributed by atoms with van der Waals surface area (Å²) in [5.74, 6) is 0. The molecule has 0 radical (unpaired) electrons. The van der Waals surface area contributed by atoms with Gasteiger partial charge in [0.1, 0.15) is 0 Å². The monoisotopic (exact) mass is 237 g/mol. The van der Waals surface area contributed by atoms with Gasteiger partial charge in [-0.1, -0.05) is 6.07 Å². The highest BCUT2D eigenvalue weighted by Gasteiger charge is 2.26. The normalized spacial score (nSPS) is 14.1. The van der Waals surface area contributed by atoms with Crippen LogP contribution in [0.3, 0.4) is 0 Å². The third kappa shape index (κ3) is 4.66. The fraction of sp³-hybridized carbons (Fsp3) is 0.600. The van der Waals surface area contributed by atoms with Crippen LogP contribution in [0.15, 0.2) is 17.5 Å². The van der Waals surface area contributed by atoms with Gasteiger partial charge in [-0.2, -0.15) is 13.2 Å². The molecule has 0 aliphatic heterocycles. The van der Waals surface area contributed by atoms with Crippen molar-refractivity contribution in [2.45, 2.75) is 31.5 Å². The predicted octanol–water partition coefficient (Wildman–Crippen LogP) is 3.74. The average molecular weight is 237 g/mol. The molecule has 1 heterocycles. The molecule has 0 aliphatic rings. The summed E-state index contributed by atoms with van der Waals surface area (Å²) < 4.78 is 35.8. The van der Waals surface area contributed by atoms with Gasteiger partial charge in [0.2, 0.25) is 0 Å². The van der Waals surface area contributed by atoms with Gasteiger partial charge in [0.05, 0.1) is 0 Å². The second-order valence-electron chi connectivity index (χ2n) is 3.36. The molecule has 1 rings (SSSR count). The van der Waals surface area contributed by atoms with E-state index in [4.69, 9.17) is 0 Å². The molecule has 1 unspecified atom stereocenters. The highest BCUT2D eigenvalue weighted by atomic mass is 32.1. The molecule has 0 saturated heterocycles. The Balaban J connectivity index is 2.36. The lowest BCUT2D eigenvalue weighted by Gasteiger charge is -2.14. The van der Waals surface area contributed by atoms with Gasteiger partial charge in [0.15, 0.2) is 0 Å². The fourth-order valence-corrected chi connectivity index (χ4v) is 2.30. The Labute approximate surface area is 91.3 Å². The molecular weight excluding hydrogens is 223 g/mol. The van der Waals surface area contributed by atoms with E-state index in [1.807, 2.05) is 17.5 Å². The van der Waals surface area contributed by atoms with E-state index in [1.54, 1.807) is 18.4 Å². The standard InChI is InChI=1S/C10H14F3NS/c1-14-8(9-5-3-7-15-9)4-2-6-10(11,12)13/h3,5,7-8,14H,2,4,6H2,1H3. The Hall–Kier alpha value is -0.550. The summed E-state index contributed by atoms with van der Waals surface area (Å²) in [5, 5.41) is 4.97. The van der Waals surface area contributed by atoms with Gasteiger partial charge < -0.3 is 5.32 Å². The van der Waals surface area contributed by atoms with Crippen molar-refractivity contribution >= 4 is 11.3 Å². The van der Waals surface area contributed by atoms with Gasteiger partial charge in [0.25, 0.3) is 0 Å². The van der Waals surface area contributed by atoms with E-state index in [0.29, 0.717) is 6.42 Å². The largest absolute Gasteiger partial charge is 0.389 e. The minimum atomic E-state index is -4.03. The maximum Gasteiger partial charge on any atom is 0.389 e. The van der Waals surface area contributed by atoms with Crippen LogP contribution in [0.2, 0.25) is 0 Å². The first-order valence-corrected chi connectivity index (χ1v) is 5.68. The van der Waals surface area contributed by atoms with Crippen LogP contribution in [0.5, 0.6) is 0 Å². The van der Waals surface area contributed by atoms with Gasteiger partial charge in [-0.25, -0.2) is 0 Å². The molecule has 15 heavy (non-hydrogen) atoms. The van der Waals surface area contributed by atoms with Crippen molar-refractivity contribution in [1.82, 2.24) is 5.32 Å². The van der Waals surface area contributed by atoms with Crippen molar-refractivity contribution in [3.63, 3.8) is 0 Å². The lowest BCUT2D eigenvalue weighted by molar-refractivity contribution is -0.135. The SMILES string of the molecule is CNC(CCCC(F)(F)F)c1cccs1. The molecule has 5 heteroatoms. The van der Waals surface area contributed by atoms with Gasteiger partial charge in [-0.15, -0.1) is 11.3 Å². The third-order valence-corrected chi connectivity index (χ3v) is 3.17. The van der Waals surface area contributed by atoms with Crippen LogP contribution in [0.25, 0.3) is 0 Å². The maximum atomic E-state index is 11.9. The van der Waals surface area contributed by atoms with Gasteiger partial charge in [-0.05, 0) is 31.3 Å². The van der Waals surface area contributed by atoms with E-state index >= 15 is 0 Å². The second-order valence-corrected chi connectivity index (χ2v) is 4.34. The van der Waals surface area contributed by atoms with E-state index in [0.717, 1.165) is 4.88 Å². The molecule has 86 valence electrons. The lowest BCUT2D eigenvalue weighted by atomic mass is 10.1. The minimum Gasteiger partial charge on any atom is -0.312 e. The number of nitrogens with one attached hydrogen (secondary N) is 1. The molecule has 1 N–H and O–H groups in total. The van der Waals surface area contributed by atoms with Crippen LogP contribution in [-0.4, -0.2) is 13.2 Å². The van der Waals surface area contributed by atoms with Crippen molar-refractivity contribution in [3.8, 4) is 0 Å². The zero-order valence-electron chi connectivity index (χ0n) is 8.47. The Morgan fingerprint density at radius 1 is 1.47 bits per heavy atom. The summed E-state index contributed by atoms with van der Waals surface area (Å²) in [7, 11) is 1.78. The molecular formula is C10H14F3NS. The van der Waals surface area contributed by atoms with Crippen LogP contribution in [-0.2, 0) is 0 Å². The Bertz CT molecular complexity index is 269. The zero-order chi connectivity index (χ0) is 11.3. The first-order valence-electron chi connectivity index (χ1n) is 4.80. The van der Waals surface area contributed by atoms with E-state index in [1.165, 1.54) is 0 Å². The first kappa shape index (κ1) is 12.5. The Morgan fingerprint density at radius 2 is 2.20 bits per heavy atom. The van der Waals surface area contributed by atoms with Crippen LogP contribution >= 0.6 is 11.3 Å². The summed E-state index contributed by atoms with van der Waals surface area (Å²) in [6.07, 6.45) is -4.03. The average Bonchev–Trinajstić information content (AvgIpc) is 2.63. The number of hydrogen-bond acceptors (Lipinski definition) is 2. The second kappa shape index (κ2) is 5.51. The van der Waals surface area contributed by atoms with Gasteiger partial charge in [-0.3, -0.25) is 0 Å². The molecule has 1 atom stereocenters. The summed E-state index contributed by atoms with van der Waals surface area (Å²) in [6.45, 7) is 0. The van der Waals surface area contributed by atoms with Crippen LogP contribution in [0.1, 0.15) is 30.2 Å². The molecule has 0 aromatic carbocycles. The molecule has 1 aromatic heterocycles. The van der Waals surface area contributed by atoms with Crippen molar-refractivity contribution in [3.05, 3.63) is 22.4 Å². The van der Waals surface area contributed by atoms with Gasteiger partial charge in [0, 0.05) is 17.3 Å². The predicted molar refractivity (Wildman–Crippen MR) is 56.0 cm³/mol. The van der Waals surface area contributed by atoms with E-state index < -0.39 is 12.6 Å². The van der Waals surface area contributed by atoms with Gasteiger partial charge >= 0.3 is 6.18 Å². The number of thiophene rings is 1. The smallest absolute Gasteiger partial charge is 0.312 e. The van der Waals surface area contributed by atoms with Crippen LogP contribution in [0, 0.1) is 0 Å². The van der Waals surface area contributed by atoms with E-state index in [2.05, 4.69) is 5.32 Å². The minimum absolute atomic E-state index is 0.0485. The lowest BCUT2D eigenvalue weighted by Crippen LogP contribution is -2.16. The Morgan fingerprint density at radius 3 is 2.67 bits per heavy atom. The highest BCUT2D eigenvalue weighted by Crippen LogP contribution is 2.27. The topological polar surface area (TPSA) is 12.0 Å². The number of hydrogen-bond donors (Lipinski definition) is 1. The van der Waals surface area contributed by atoms with E-state index in [-0.39, 0.29) is 12.5 Å². The maximum absolute atomic E-state index is 11.9. The molecule has 0 saturated carbocycles. The molecule has 1 nitrogen and oxygen atoms in total. The van der Waals surface area contributed by atoms with Crippen molar-refractivity contribution in [2.24, 2.45) is 0 Å². The first-order chi connectivity index (χ1) is 7.03. The fourth-order valence-electron chi connectivity index (χ4n) is 1.43. The molecule has 0 bridgehead atoms. The quantitative estimate of drug-likeness (QED) is 0.822. The molecule has 1 aromatic rings. The molecule has 0 spiro atoms. The summed E-state index contributed by atoms with van der Waals surface area (Å²) in [6, 6.07) is 3.90. The van der Waals surface area contributed by atoms with Crippen LogP contribution < -0.4 is 5.32 Å². The summed E-state index contributed by atoms with van der Waals surface area (Å²) in [4.78, 5) is 1.10. The molecule has 0 amide bonds. The molecule has 0 aliphatic carbocycles. The number of halogens is 3. The molecule has 0 fully saturated rings. The van der Waals surface area contributed by atoms with Crippen LogP contribution in [0.4, 0.5) is 13.2 Å².